The largest absolute Gasteiger partial charge is 0.480 e. The number of carboxylic acids is 1. The van der Waals surface area contributed by atoms with Crippen LogP contribution in [-0.2, 0) is 11.8 Å². The molecule has 0 radical (unpaired) electrons. The molecule has 5 nitrogen and oxygen atoms in total. The highest BCUT2D eigenvalue weighted by atomic mass is 32.2. The molecule has 0 fully saturated rings. The Morgan fingerprint density at radius 2 is 1.95 bits per heavy atom. The third-order valence-corrected chi connectivity index (χ3v) is 3.90. The van der Waals surface area contributed by atoms with Crippen LogP contribution in [0, 0.1) is 6.92 Å². The summed E-state index contributed by atoms with van der Waals surface area (Å²) >= 11 is 1.19. The second kappa shape index (κ2) is 5.44. The third kappa shape index (κ3) is 2.96. The second-order valence-electron chi connectivity index (χ2n) is 4.33. The van der Waals surface area contributed by atoms with Gasteiger partial charge < -0.3 is 9.67 Å². The summed E-state index contributed by atoms with van der Waals surface area (Å²) in [5.41, 5.74) is 2.15. The number of carbonyl (C=O) groups is 1. The summed E-state index contributed by atoms with van der Waals surface area (Å²) in [6.45, 7) is 3.66. The number of aryl methyl sites for hydroxylation is 1. The van der Waals surface area contributed by atoms with Gasteiger partial charge in [0.1, 0.15) is 5.25 Å². The monoisotopic (exact) mass is 277 g/mol. The third-order valence-electron chi connectivity index (χ3n) is 2.77. The van der Waals surface area contributed by atoms with E-state index < -0.39 is 11.2 Å². The fourth-order valence-electron chi connectivity index (χ4n) is 1.58. The smallest absolute Gasteiger partial charge is 0.316 e. The van der Waals surface area contributed by atoms with E-state index in [-0.39, 0.29) is 0 Å². The number of hydrogen-bond donors (Lipinski definition) is 1. The Morgan fingerprint density at radius 3 is 2.53 bits per heavy atom. The quantitative estimate of drug-likeness (QED) is 0.869. The van der Waals surface area contributed by atoms with Gasteiger partial charge in [-0.05, 0) is 13.8 Å². The standard InChI is InChI=1S/C13H15N3O2S/c1-8-4-6-10(7-5-8)11-14-15-13(16(11)3)19-9(2)12(17)18/h4-7,9H,1-3H3,(H,17,18)/t9-/m1/s1. The first-order valence-electron chi connectivity index (χ1n) is 5.85. The molecule has 0 spiro atoms. The maximum absolute atomic E-state index is 10.9. The van der Waals surface area contributed by atoms with Crippen LogP contribution in [-0.4, -0.2) is 31.1 Å². The van der Waals surface area contributed by atoms with E-state index in [9.17, 15) is 4.79 Å². The number of rotatable bonds is 4. The molecule has 0 amide bonds. The molecule has 0 bridgehead atoms. The lowest BCUT2D eigenvalue weighted by molar-refractivity contribution is -0.136. The molecule has 0 saturated carbocycles. The number of hydrogen-bond acceptors (Lipinski definition) is 4. The van der Waals surface area contributed by atoms with Gasteiger partial charge in [-0.15, -0.1) is 10.2 Å². The molecule has 0 saturated heterocycles. The maximum Gasteiger partial charge on any atom is 0.316 e. The lowest BCUT2D eigenvalue weighted by Gasteiger charge is -2.06. The van der Waals surface area contributed by atoms with Gasteiger partial charge in [0.05, 0.1) is 0 Å². The molecule has 100 valence electrons. The topological polar surface area (TPSA) is 68.0 Å². The van der Waals surface area contributed by atoms with Crippen molar-refractivity contribution < 1.29 is 9.90 Å². The average Bonchev–Trinajstić information content (AvgIpc) is 2.72. The zero-order valence-corrected chi connectivity index (χ0v) is 11.8. The first-order chi connectivity index (χ1) is 8.99. The highest BCUT2D eigenvalue weighted by Gasteiger charge is 2.18. The Hall–Kier alpha value is -1.82. The minimum atomic E-state index is -0.857. The van der Waals surface area contributed by atoms with Crippen LogP contribution >= 0.6 is 11.8 Å². The highest BCUT2D eigenvalue weighted by Crippen LogP contribution is 2.25. The zero-order chi connectivity index (χ0) is 14.0. The lowest BCUT2D eigenvalue weighted by Crippen LogP contribution is -2.12. The Labute approximate surface area is 115 Å². The molecule has 0 aliphatic carbocycles. The van der Waals surface area contributed by atoms with Crippen LogP contribution in [0.5, 0.6) is 0 Å². The van der Waals surface area contributed by atoms with Crippen molar-refractivity contribution in [2.24, 2.45) is 7.05 Å². The molecule has 1 atom stereocenters. The van der Waals surface area contributed by atoms with Crippen LogP contribution in [0.2, 0.25) is 0 Å². The van der Waals surface area contributed by atoms with Crippen molar-refractivity contribution in [1.29, 1.82) is 0 Å². The van der Waals surface area contributed by atoms with Crippen LogP contribution < -0.4 is 0 Å². The van der Waals surface area contributed by atoms with Crippen molar-refractivity contribution in [1.82, 2.24) is 14.8 Å². The number of thioether (sulfide) groups is 1. The molecule has 0 aliphatic rings. The molecule has 1 heterocycles. The predicted octanol–water partition coefficient (Wildman–Crippen LogP) is 2.36. The molecule has 0 unspecified atom stereocenters. The summed E-state index contributed by atoms with van der Waals surface area (Å²) in [7, 11) is 1.84. The normalized spacial score (nSPS) is 12.4. The number of benzene rings is 1. The fourth-order valence-corrected chi connectivity index (χ4v) is 2.33. The number of aliphatic carboxylic acids is 1. The van der Waals surface area contributed by atoms with Crippen LogP contribution in [0.1, 0.15) is 12.5 Å². The molecule has 0 aliphatic heterocycles. The highest BCUT2D eigenvalue weighted by molar-refractivity contribution is 8.00. The molecule has 2 aromatic rings. The Bertz CT molecular complexity index is 592. The molecule has 2 rings (SSSR count). The lowest BCUT2D eigenvalue weighted by atomic mass is 10.1. The van der Waals surface area contributed by atoms with E-state index in [1.165, 1.54) is 17.3 Å². The predicted molar refractivity (Wildman–Crippen MR) is 74.1 cm³/mol. The molecular formula is C13H15N3O2S. The van der Waals surface area contributed by atoms with Crippen LogP contribution in [0.4, 0.5) is 0 Å². The number of carboxylic acid groups (broad SMARTS) is 1. The van der Waals surface area contributed by atoms with Crippen molar-refractivity contribution in [3.05, 3.63) is 29.8 Å². The molecule has 19 heavy (non-hydrogen) atoms. The van der Waals surface area contributed by atoms with Gasteiger partial charge in [-0.2, -0.15) is 0 Å². The van der Waals surface area contributed by atoms with Crippen molar-refractivity contribution in [3.63, 3.8) is 0 Å². The SMILES string of the molecule is Cc1ccc(-c2nnc(S[C@H](C)C(=O)O)n2C)cc1. The van der Waals surface area contributed by atoms with E-state index >= 15 is 0 Å². The molecular weight excluding hydrogens is 262 g/mol. The molecule has 1 aromatic carbocycles. The molecule has 6 heteroatoms. The van der Waals surface area contributed by atoms with Gasteiger partial charge in [-0.3, -0.25) is 4.79 Å². The van der Waals surface area contributed by atoms with Gasteiger partial charge in [0.15, 0.2) is 11.0 Å². The molecule has 1 aromatic heterocycles. The first-order valence-corrected chi connectivity index (χ1v) is 6.73. The van der Waals surface area contributed by atoms with Crippen molar-refractivity contribution >= 4 is 17.7 Å². The van der Waals surface area contributed by atoms with E-state index in [1.54, 1.807) is 6.92 Å². The van der Waals surface area contributed by atoms with Crippen molar-refractivity contribution in [3.8, 4) is 11.4 Å². The van der Waals surface area contributed by atoms with E-state index in [0.29, 0.717) is 5.16 Å². The van der Waals surface area contributed by atoms with Crippen LogP contribution in [0.15, 0.2) is 29.4 Å². The zero-order valence-electron chi connectivity index (χ0n) is 11.0. The van der Waals surface area contributed by atoms with Crippen LogP contribution in [0.3, 0.4) is 0 Å². The second-order valence-corrected chi connectivity index (χ2v) is 5.64. The minimum absolute atomic E-state index is 0.547. The number of aromatic nitrogens is 3. The summed E-state index contributed by atoms with van der Waals surface area (Å²) in [4.78, 5) is 10.9. The van der Waals surface area contributed by atoms with Gasteiger partial charge in [0.2, 0.25) is 0 Å². The average molecular weight is 277 g/mol. The van der Waals surface area contributed by atoms with E-state index in [0.717, 1.165) is 11.4 Å². The Kier molecular flexibility index (Phi) is 3.90. The van der Waals surface area contributed by atoms with Gasteiger partial charge in [-0.25, -0.2) is 0 Å². The fraction of sp³-hybridized carbons (Fsp3) is 0.308. The van der Waals surface area contributed by atoms with Gasteiger partial charge in [-0.1, -0.05) is 41.6 Å². The van der Waals surface area contributed by atoms with E-state index in [1.807, 2.05) is 42.8 Å². The maximum atomic E-state index is 10.9. The Morgan fingerprint density at radius 1 is 1.32 bits per heavy atom. The summed E-state index contributed by atoms with van der Waals surface area (Å²) in [5.74, 6) is -0.120. The van der Waals surface area contributed by atoms with Gasteiger partial charge in [0.25, 0.3) is 0 Å². The van der Waals surface area contributed by atoms with E-state index in [4.69, 9.17) is 5.11 Å². The van der Waals surface area contributed by atoms with Crippen molar-refractivity contribution in [2.75, 3.05) is 0 Å². The summed E-state index contributed by atoms with van der Waals surface area (Å²) in [6, 6.07) is 7.98. The number of nitrogens with zero attached hydrogens (tertiary/aromatic N) is 3. The van der Waals surface area contributed by atoms with Gasteiger partial charge in [0, 0.05) is 12.6 Å². The first kappa shape index (κ1) is 13.6. The molecule has 1 N–H and O–H groups in total. The summed E-state index contributed by atoms with van der Waals surface area (Å²) < 4.78 is 1.81. The van der Waals surface area contributed by atoms with E-state index in [2.05, 4.69) is 10.2 Å². The van der Waals surface area contributed by atoms with Crippen LogP contribution in [0.25, 0.3) is 11.4 Å². The summed E-state index contributed by atoms with van der Waals surface area (Å²) in [6.07, 6.45) is 0. The summed E-state index contributed by atoms with van der Waals surface area (Å²) in [5, 5.41) is 17.1. The van der Waals surface area contributed by atoms with Gasteiger partial charge >= 0.3 is 5.97 Å². The van der Waals surface area contributed by atoms with Crippen molar-refractivity contribution in [2.45, 2.75) is 24.3 Å². The minimum Gasteiger partial charge on any atom is -0.480 e. The Balaban J connectivity index is 2.27.